The average molecular weight is 231 g/mol. The highest BCUT2D eigenvalue weighted by atomic mass is 35.7. The number of fused-ring (bicyclic) bond motifs is 1. The smallest absolute Gasteiger partial charge is 0.278 e. The molecule has 2 heterocycles. The van der Waals surface area contributed by atoms with Crippen molar-refractivity contribution in [3.8, 4) is 0 Å². The Labute approximate surface area is 85.6 Å². The summed E-state index contributed by atoms with van der Waals surface area (Å²) in [4.78, 5) is 3.95. The zero-order chi connectivity index (χ0) is 10.3. The van der Waals surface area contributed by atoms with Crippen LogP contribution in [0.3, 0.4) is 0 Å². The molecule has 0 N–H and O–H groups in total. The zero-order valence-electron chi connectivity index (χ0n) is 7.31. The molecule has 14 heavy (non-hydrogen) atoms. The van der Waals surface area contributed by atoms with Gasteiger partial charge in [0.2, 0.25) is 0 Å². The molecule has 0 bridgehead atoms. The van der Waals surface area contributed by atoms with Crippen LogP contribution in [0.5, 0.6) is 0 Å². The Kier molecular flexibility index (Phi) is 2.01. The first kappa shape index (κ1) is 9.48. The summed E-state index contributed by atoms with van der Waals surface area (Å²) in [7, 11) is 1.50. The van der Waals surface area contributed by atoms with Crippen LogP contribution in [0.15, 0.2) is 29.6 Å². The van der Waals surface area contributed by atoms with Crippen molar-refractivity contribution in [2.24, 2.45) is 0 Å². The summed E-state index contributed by atoms with van der Waals surface area (Å²) in [5, 5.41) is -0.00540. The normalized spacial score (nSPS) is 12.1. The molecule has 0 saturated carbocycles. The van der Waals surface area contributed by atoms with Gasteiger partial charge < -0.3 is 0 Å². The highest BCUT2D eigenvalue weighted by Crippen LogP contribution is 2.17. The molecule has 0 spiro atoms. The quantitative estimate of drug-likeness (QED) is 0.699. The summed E-state index contributed by atoms with van der Waals surface area (Å²) >= 11 is 0. The summed E-state index contributed by atoms with van der Waals surface area (Å²) in [6.45, 7) is 1.91. The summed E-state index contributed by atoms with van der Waals surface area (Å²) < 4.78 is 23.6. The minimum absolute atomic E-state index is 0.00540. The van der Waals surface area contributed by atoms with Gasteiger partial charge in [0.1, 0.15) is 5.65 Å². The molecule has 74 valence electrons. The Morgan fingerprint density at radius 1 is 1.50 bits per heavy atom. The van der Waals surface area contributed by atoms with E-state index in [1.807, 2.05) is 6.92 Å². The van der Waals surface area contributed by atoms with Crippen LogP contribution in [0.25, 0.3) is 5.65 Å². The number of hydrogen-bond acceptors (Lipinski definition) is 3. The first-order valence-electron chi connectivity index (χ1n) is 3.87. The molecule has 2 rings (SSSR count). The third-order valence-electron chi connectivity index (χ3n) is 1.88. The SMILES string of the molecule is Cc1ccn2c(S(=O)(=O)Cl)cnc2c1. The summed E-state index contributed by atoms with van der Waals surface area (Å²) in [6, 6.07) is 3.58. The number of nitrogens with zero attached hydrogens (tertiary/aromatic N) is 2. The average Bonchev–Trinajstić information content (AvgIpc) is 2.45. The summed E-state index contributed by atoms with van der Waals surface area (Å²) in [5.74, 6) is 0. The number of pyridine rings is 1. The molecule has 0 unspecified atom stereocenters. The zero-order valence-corrected chi connectivity index (χ0v) is 8.88. The number of imidazole rings is 1. The maximum absolute atomic E-state index is 11.1. The van der Waals surface area contributed by atoms with Crippen molar-refractivity contribution in [1.82, 2.24) is 9.38 Å². The van der Waals surface area contributed by atoms with Gasteiger partial charge in [-0.3, -0.25) is 4.40 Å². The van der Waals surface area contributed by atoms with E-state index in [1.54, 1.807) is 18.3 Å². The lowest BCUT2D eigenvalue weighted by Gasteiger charge is -1.97. The molecule has 0 aromatic carbocycles. The molecular weight excluding hydrogens is 224 g/mol. The Hall–Kier alpha value is -1.07. The number of hydrogen-bond donors (Lipinski definition) is 0. The van der Waals surface area contributed by atoms with Gasteiger partial charge in [0, 0.05) is 16.9 Å². The van der Waals surface area contributed by atoms with E-state index in [1.165, 1.54) is 10.6 Å². The van der Waals surface area contributed by atoms with E-state index in [9.17, 15) is 8.42 Å². The monoisotopic (exact) mass is 230 g/mol. The fourth-order valence-corrected chi connectivity index (χ4v) is 2.15. The van der Waals surface area contributed by atoms with E-state index in [4.69, 9.17) is 10.7 Å². The van der Waals surface area contributed by atoms with Gasteiger partial charge in [0.05, 0.1) is 6.20 Å². The maximum Gasteiger partial charge on any atom is 0.278 e. The van der Waals surface area contributed by atoms with Crippen LogP contribution in [0.4, 0.5) is 0 Å². The number of aryl methyl sites for hydroxylation is 1. The van der Waals surface area contributed by atoms with E-state index in [0.717, 1.165) is 5.56 Å². The number of aromatic nitrogens is 2. The predicted molar refractivity (Wildman–Crippen MR) is 53.0 cm³/mol. The van der Waals surface area contributed by atoms with Crippen molar-refractivity contribution in [2.45, 2.75) is 11.9 Å². The molecule has 0 amide bonds. The second-order valence-electron chi connectivity index (χ2n) is 2.97. The summed E-state index contributed by atoms with van der Waals surface area (Å²) in [5.41, 5.74) is 1.59. The Morgan fingerprint density at radius 3 is 2.86 bits per heavy atom. The molecule has 2 aromatic rings. The Balaban J connectivity index is 2.83. The van der Waals surface area contributed by atoms with E-state index in [0.29, 0.717) is 5.65 Å². The highest BCUT2D eigenvalue weighted by Gasteiger charge is 2.15. The molecule has 0 aliphatic carbocycles. The number of halogens is 1. The molecule has 0 aliphatic rings. The summed E-state index contributed by atoms with van der Waals surface area (Å²) in [6.07, 6.45) is 2.88. The fraction of sp³-hybridized carbons (Fsp3) is 0.125. The van der Waals surface area contributed by atoms with Crippen LogP contribution in [0, 0.1) is 6.92 Å². The standard InChI is InChI=1S/C8H7ClN2O2S/c1-6-2-3-11-7(4-6)10-5-8(11)14(9,12)13/h2-5H,1H3. The van der Waals surface area contributed by atoms with Gasteiger partial charge in [-0.25, -0.2) is 13.4 Å². The van der Waals surface area contributed by atoms with E-state index in [-0.39, 0.29) is 5.03 Å². The van der Waals surface area contributed by atoms with Crippen molar-refractivity contribution in [3.05, 3.63) is 30.1 Å². The first-order valence-corrected chi connectivity index (χ1v) is 6.18. The van der Waals surface area contributed by atoms with Crippen molar-refractivity contribution in [3.63, 3.8) is 0 Å². The van der Waals surface area contributed by atoms with Crippen molar-refractivity contribution in [2.75, 3.05) is 0 Å². The van der Waals surface area contributed by atoms with Gasteiger partial charge in [-0.2, -0.15) is 0 Å². The van der Waals surface area contributed by atoms with Crippen molar-refractivity contribution >= 4 is 25.4 Å². The van der Waals surface area contributed by atoms with Crippen LogP contribution in [-0.2, 0) is 9.05 Å². The third kappa shape index (κ3) is 1.49. The van der Waals surface area contributed by atoms with Crippen LogP contribution in [0.2, 0.25) is 0 Å². The van der Waals surface area contributed by atoms with Gasteiger partial charge in [0.25, 0.3) is 9.05 Å². The largest absolute Gasteiger partial charge is 0.290 e. The minimum Gasteiger partial charge on any atom is -0.290 e. The molecule has 2 aromatic heterocycles. The molecule has 0 atom stereocenters. The lowest BCUT2D eigenvalue weighted by molar-refractivity contribution is 0.605. The Bertz CT molecular complexity index is 588. The van der Waals surface area contributed by atoms with Crippen LogP contribution >= 0.6 is 10.7 Å². The van der Waals surface area contributed by atoms with Gasteiger partial charge in [-0.1, -0.05) is 0 Å². The first-order chi connectivity index (χ1) is 6.48. The Morgan fingerprint density at radius 2 is 2.21 bits per heavy atom. The van der Waals surface area contributed by atoms with Gasteiger partial charge >= 0.3 is 0 Å². The minimum atomic E-state index is -3.73. The number of rotatable bonds is 1. The van der Waals surface area contributed by atoms with Crippen molar-refractivity contribution < 1.29 is 8.42 Å². The molecular formula is C8H7ClN2O2S. The lowest BCUT2D eigenvalue weighted by atomic mass is 10.3. The fourth-order valence-electron chi connectivity index (χ4n) is 1.24. The third-order valence-corrected chi connectivity index (χ3v) is 3.16. The molecule has 0 saturated heterocycles. The van der Waals surface area contributed by atoms with E-state index in [2.05, 4.69) is 4.98 Å². The van der Waals surface area contributed by atoms with E-state index >= 15 is 0 Å². The molecule has 4 nitrogen and oxygen atoms in total. The second kappa shape index (κ2) is 2.96. The molecule has 6 heteroatoms. The van der Waals surface area contributed by atoms with Gasteiger partial charge in [-0.15, -0.1) is 0 Å². The predicted octanol–water partition coefficient (Wildman–Crippen LogP) is 1.57. The maximum atomic E-state index is 11.1. The van der Waals surface area contributed by atoms with Gasteiger partial charge in [0.15, 0.2) is 5.03 Å². The van der Waals surface area contributed by atoms with Crippen LogP contribution in [-0.4, -0.2) is 17.8 Å². The van der Waals surface area contributed by atoms with Crippen molar-refractivity contribution in [1.29, 1.82) is 0 Å². The molecule has 0 fully saturated rings. The highest BCUT2D eigenvalue weighted by molar-refractivity contribution is 8.13. The van der Waals surface area contributed by atoms with E-state index < -0.39 is 9.05 Å². The lowest BCUT2D eigenvalue weighted by Crippen LogP contribution is -1.96. The second-order valence-corrected chi connectivity index (χ2v) is 5.48. The van der Waals surface area contributed by atoms with Gasteiger partial charge in [-0.05, 0) is 24.6 Å². The molecule has 0 radical (unpaired) electrons. The molecule has 0 aliphatic heterocycles. The van der Waals surface area contributed by atoms with Crippen LogP contribution in [0.1, 0.15) is 5.56 Å². The topological polar surface area (TPSA) is 51.4 Å². The van der Waals surface area contributed by atoms with Crippen LogP contribution < -0.4 is 0 Å².